The molecular weight excluding hydrogens is 416 g/mol. The predicted molar refractivity (Wildman–Crippen MR) is 139 cm³/mol. The Bertz CT molecular complexity index is 1720. The Morgan fingerprint density at radius 1 is 0.412 bits per heavy atom. The monoisotopic (exact) mass is 436 g/mol. The first kappa shape index (κ1) is 20.1. The normalized spacial score (nSPS) is 11.2. The molecule has 0 unspecified atom stereocenters. The van der Waals surface area contributed by atoms with Crippen LogP contribution in [-0.4, -0.2) is 11.6 Å². The quantitative estimate of drug-likeness (QED) is 0.210. The van der Waals surface area contributed by atoms with E-state index < -0.39 is 0 Å². The molecular formula is C32H20O2. The van der Waals surface area contributed by atoms with Crippen LogP contribution in [0.5, 0.6) is 0 Å². The molecule has 0 aromatic heterocycles. The lowest BCUT2D eigenvalue weighted by Crippen LogP contribution is -2.12. The van der Waals surface area contributed by atoms with E-state index in [1.165, 1.54) is 5.39 Å². The van der Waals surface area contributed by atoms with Gasteiger partial charge in [-0.05, 0) is 62.6 Å². The minimum atomic E-state index is -0.152. The lowest BCUT2D eigenvalue weighted by molar-refractivity contribution is 0.100. The van der Waals surface area contributed by atoms with Gasteiger partial charge < -0.3 is 0 Å². The molecule has 6 aromatic rings. The lowest BCUT2D eigenvalue weighted by atomic mass is 9.88. The third-order valence-electron chi connectivity index (χ3n) is 6.39. The first-order valence-corrected chi connectivity index (χ1v) is 11.3. The van der Waals surface area contributed by atoms with Crippen molar-refractivity contribution >= 4 is 43.9 Å². The topological polar surface area (TPSA) is 34.1 Å². The third kappa shape index (κ3) is 3.37. The standard InChI is InChI=1S/C32H20O2/c33-31(21-9-3-1-4-10-21)28-16-15-25-19-26-17-23-13-7-8-14-24(23)18-27(26)20-29(25)30(28)32(34)22-11-5-2-6-12-22/h1-20H. The van der Waals surface area contributed by atoms with E-state index in [-0.39, 0.29) is 11.6 Å². The summed E-state index contributed by atoms with van der Waals surface area (Å²) in [5, 5.41) is 6.18. The molecule has 0 atom stereocenters. The van der Waals surface area contributed by atoms with Gasteiger partial charge in [-0.15, -0.1) is 0 Å². The molecule has 2 nitrogen and oxygen atoms in total. The van der Waals surface area contributed by atoms with Crippen molar-refractivity contribution in [1.29, 1.82) is 0 Å². The largest absolute Gasteiger partial charge is 0.289 e. The first-order chi connectivity index (χ1) is 16.7. The first-order valence-electron chi connectivity index (χ1n) is 11.3. The van der Waals surface area contributed by atoms with Crippen LogP contribution in [0.1, 0.15) is 31.8 Å². The summed E-state index contributed by atoms with van der Waals surface area (Å²) in [6, 6.07) is 38.8. The maximum absolute atomic E-state index is 13.8. The smallest absolute Gasteiger partial charge is 0.194 e. The van der Waals surface area contributed by atoms with Gasteiger partial charge in [0.05, 0.1) is 0 Å². The molecule has 0 aliphatic rings. The van der Waals surface area contributed by atoms with Crippen molar-refractivity contribution in [2.45, 2.75) is 0 Å². The molecule has 0 spiro atoms. The highest BCUT2D eigenvalue weighted by atomic mass is 16.1. The van der Waals surface area contributed by atoms with Crippen LogP contribution < -0.4 is 0 Å². The summed E-state index contributed by atoms with van der Waals surface area (Å²) in [4.78, 5) is 27.3. The van der Waals surface area contributed by atoms with Gasteiger partial charge in [-0.25, -0.2) is 0 Å². The maximum atomic E-state index is 13.8. The second kappa shape index (κ2) is 8.09. The van der Waals surface area contributed by atoms with Gasteiger partial charge in [0.15, 0.2) is 11.6 Å². The highest BCUT2D eigenvalue weighted by Crippen LogP contribution is 2.32. The van der Waals surface area contributed by atoms with Crippen LogP contribution >= 0.6 is 0 Å². The van der Waals surface area contributed by atoms with Gasteiger partial charge in [0.1, 0.15) is 0 Å². The number of hydrogen-bond acceptors (Lipinski definition) is 2. The van der Waals surface area contributed by atoms with Crippen LogP contribution in [-0.2, 0) is 0 Å². The number of fused-ring (bicyclic) bond motifs is 3. The molecule has 0 fully saturated rings. The van der Waals surface area contributed by atoms with E-state index in [0.29, 0.717) is 22.3 Å². The van der Waals surface area contributed by atoms with E-state index in [2.05, 4.69) is 36.4 Å². The molecule has 0 radical (unpaired) electrons. The van der Waals surface area contributed by atoms with E-state index in [9.17, 15) is 9.59 Å². The fourth-order valence-electron chi connectivity index (χ4n) is 4.68. The molecule has 0 amide bonds. The van der Waals surface area contributed by atoms with Gasteiger partial charge in [0.25, 0.3) is 0 Å². The van der Waals surface area contributed by atoms with Gasteiger partial charge in [0.2, 0.25) is 0 Å². The highest BCUT2D eigenvalue weighted by molar-refractivity contribution is 6.25. The molecule has 0 saturated heterocycles. The number of carbonyl (C=O) groups excluding carboxylic acids is 2. The average molecular weight is 437 g/mol. The minimum Gasteiger partial charge on any atom is -0.289 e. The van der Waals surface area contributed by atoms with Crippen LogP contribution in [0.4, 0.5) is 0 Å². The highest BCUT2D eigenvalue weighted by Gasteiger charge is 2.22. The molecule has 0 N–H and O–H groups in total. The SMILES string of the molecule is O=C(c1ccccc1)c1ccc2cc3cc4ccccc4cc3cc2c1C(=O)c1ccccc1. The molecule has 6 rings (SSSR count). The summed E-state index contributed by atoms with van der Waals surface area (Å²) in [5.41, 5.74) is 2.01. The van der Waals surface area contributed by atoms with Gasteiger partial charge in [-0.1, -0.05) is 91.0 Å². The number of rotatable bonds is 4. The second-order valence-electron chi connectivity index (χ2n) is 8.50. The van der Waals surface area contributed by atoms with Gasteiger partial charge in [-0.3, -0.25) is 9.59 Å². The number of benzene rings is 6. The van der Waals surface area contributed by atoms with Gasteiger partial charge >= 0.3 is 0 Å². The van der Waals surface area contributed by atoms with Crippen molar-refractivity contribution in [2.24, 2.45) is 0 Å². The van der Waals surface area contributed by atoms with Crippen LogP contribution in [0.15, 0.2) is 121 Å². The zero-order valence-electron chi connectivity index (χ0n) is 18.4. The van der Waals surface area contributed by atoms with Crippen LogP contribution in [0, 0.1) is 0 Å². The summed E-state index contributed by atoms with van der Waals surface area (Å²) in [5.74, 6) is -0.300. The Labute approximate surface area is 197 Å². The van der Waals surface area contributed by atoms with Crippen molar-refractivity contribution in [1.82, 2.24) is 0 Å². The molecule has 0 aliphatic carbocycles. The van der Waals surface area contributed by atoms with E-state index in [1.54, 1.807) is 30.3 Å². The third-order valence-corrected chi connectivity index (χ3v) is 6.39. The molecule has 34 heavy (non-hydrogen) atoms. The summed E-state index contributed by atoms with van der Waals surface area (Å²) < 4.78 is 0. The summed E-state index contributed by atoms with van der Waals surface area (Å²) >= 11 is 0. The van der Waals surface area contributed by atoms with Crippen molar-refractivity contribution in [3.8, 4) is 0 Å². The molecule has 2 heteroatoms. The minimum absolute atomic E-state index is 0.148. The van der Waals surface area contributed by atoms with Crippen LogP contribution in [0.3, 0.4) is 0 Å². The fourth-order valence-corrected chi connectivity index (χ4v) is 4.68. The summed E-state index contributed by atoms with van der Waals surface area (Å²) in [6.45, 7) is 0. The number of carbonyl (C=O) groups is 2. The average Bonchev–Trinajstić information content (AvgIpc) is 2.90. The summed E-state index contributed by atoms with van der Waals surface area (Å²) in [7, 11) is 0. The van der Waals surface area contributed by atoms with Crippen molar-refractivity contribution in [3.05, 3.63) is 144 Å². The van der Waals surface area contributed by atoms with Crippen molar-refractivity contribution < 1.29 is 9.59 Å². The van der Waals surface area contributed by atoms with E-state index in [0.717, 1.165) is 26.9 Å². The zero-order valence-corrected chi connectivity index (χ0v) is 18.4. The van der Waals surface area contributed by atoms with Crippen LogP contribution in [0.25, 0.3) is 32.3 Å². The molecule has 160 valence electrons. The van der Waals surface area contributed by atoms with E-state index >= 15 is 0 Å². The maximum Gasteiger partial charge on any atom is 0.194 e. The molecule has 6 aromatic carbocycles. The molecule has 0 heterocycles. The van der Waals surface area contributed by atoms with Crippen molar-refractivity contribution in [2.75, 3.05) is 0 Å². The molecule has 0 bridgehead atoms. The Morgan fingerprint density at radius 2 is 0.912 bits per heavy atom. The predicted octanol–water partition coefficient (Wildman–Crippen LogP) is 7.61. The number of ketones is 2. The van der Waals surface area contributed by atoms with E-state index in [4.69, 9.17) is 0 Å². The second-order valence-corrected chi connectivity index (χ2v) is 8.50. The zero-order chi connectivity index (χ0) is 23.1. The fraction of sp³-hybridized carbons (Fsp3) is 0. The summed E-state index contributed by atoms with van der Waals surface area (Å²) in [6.07, 6.45) is 0. The number of hydrogen-bond donors (Lipinski definition) is 0. The van der Waals surface area contributed by atoms with Gasteiger partial charge in [-0.2, -0.15) is 0 Å². The Balaban J connectivity index is 1.66. The van der Waals surface area contributed by atoms with Crippen LogP contribution in [0.2, 0.25) is 0 Å². The van der Waals surface area contributed by atoms with Crippen molar-refractivity contribution in [3.63, 3.8) is 0 Å². The molecule has 0 aliphatic heterocycles. The Kier molecular flexibility index (Phi) is 4.78. The van der Waals surface area contributed by atoms with Gasteiger partial charge in [0, 0.05) is 22.3 Å². The Morgan fingerprint density at radius 3 is 1.53 bits per heavy atom. The lowest BCUT2D eigenvalue weighted by Gasteiger charge is -2.14. The van der Waals surface area contributed by atoms with E-state index in [1.807, 2.05) is 54.6 Å². The Hall–Kier alpha value is -4.56. The molecule has 0 saturated carbocycles.